The number of nitro benzene ring substituents is 1. The van der Waals surface area contributed by atoms with Crippen molar-refractivity contribution in [2.24, 2.45) is 0 Å². The predicted molar refractivity (Wildman–Crippen MR) is 65.6 cm³/mol. The summed E-state index contributed by atoms with van der Waals surface area (Å²) in [5, 5.41) is 13.9. The molecule has 1 N–H and O–H groups in total. The Morgan fingerprint density at radius 2 is 2.41 bits per heavy atom. The zero-order chi connectivity index (χ0) is 12.3. The van der Waals surface area contributed by atoms with Crippen molar-refractivity contribution in [3.05, 3.63) is 33.3 Å². The molecule has 17 heavy (non-hydrogen) atoms. The lowest BCUT2D eigenvalue weighted by atomic mass is 10.2. The summed E-state index contributed by atoms with van der Waals surface area (Å²) in [4.78, 5) is 10.1. The van der Waals surface area contributed by atoms with Crippen LogP contribution in [0.1, 0.15) is 12.8 Å². The molecule has 1 unspecified atom stereocenters. The second-order valence-electron chi connectivity index (χ2n) is 3.94. The van der Waals surface area contributed by atoms with Crippen molar-refractivity contribution in [2.45, 2.75) is 18.9 Å². The first kappa shape index (κ1) is 12.1. The van der Waals surface area contributed by atoms with E-state index in [1.54, 1.807) is 12.1 Å². The number of ether oxygens (including phenoxy) is 1. The zero-order valence-electron chi connectivity index (χ0n) is 9.19. The van der Waals surface area contributed by atoms with E-state index >= 15 is 0 Å². The minimum atomic E-state index is -0.494. The Bertz CT molecular complexity index is 419. The number of rotatable bonds is 4. The molecule has 1 atom stereocenters. The molecule has 0 aliphatic carbocycles. The summed E-state index contributed by atoms with van der Waals surface area (Å²) in [5.74, 6) is 0. The first-order chi connectivity index (χ1) is 8.16. The van der Waals surface area contributed by atoms with Gasteiger partial charge in [0.1, 0.15) is 5.02 Å². The summed E-state index contributed by atoms with van der Waals surface area (Å²) in [6.45, 7) is 1.52. The lowest BCUT2D eigenvalue weighted by molar-refractivity contribution is -0.384. The van der Waals surface area contributed by atoms with Crippen LogP contribution in [0.3, 0.4) is 0 Å². The molecule has 5 nitrogen and oxygen atoms in total. The summed E-state index contributed by atoms with van der Waals surface area (Å²) in [6, 6.07) is 4.62. The molecule has 1 aliphatic heterocycles. The van der Waals surface area contributed by atoms with Gasteiger partial charge in [0.25, 0.3) is 5.69 Å². The standard InChI is InChI=1S/C11H13ClN2O3/c12-10-6-8(3-4-11(10)14(15)16)13-7-9-2-1-5-17-9/h3-4,6,9,13H,1-2,5,7H2. The molecule has 0 bridgehead atoms. The Labute approximate surface area is 104 Å². The highest BCUT2D eigenvalue weighted by Gasteiger charge is 2.16. The van der Waals surface area contributed by atoms with E-state index < -0.39 is 4.92 Å². The minimum Gasteiger partial charge on any atom is -0.382 e. The van der Waals surface area contributed by atoms with E-state index in [0.717, 1.165) is 25.1 Å². The van der Waals surface area contributed by atoms with Crippen LogP contribution in [-0.4, -0.2) is 24.2 Å². The number of anilines is 1. The maximum absolute atomic E-state index is 10.6. The number of nitro groups is 1. The molecule has 1 fully saturated rings. The molecule has 6 heteroatoms. The van der Waals surface area contributed by atoms with E-state index in [-0.39, 0.29) is 16.8 Å². The van der Waals surface area contributed by atoms with Gasteiger partial charge in [-0.25, -0.2) is 0 Å². The summed E-state index contributed by atoms with van der Waals surface area (Å²) >= 11 is 5.81. The quantitative estimate of drug-likeness (QED) is 0.665. The summed E-state index contributed by atoms with van der Waals surface area (Å²) in [5.41, 5.74) is 0.699. The van der Waals surface area contributed by atoms with Crippen LogP contribution in [-0.2, 0) is 4.74 Å². The molecule has 0 radical (unpaired) electrons. The van der Waals surface area contributed by atoms with Gasteiger partial charge in [0.15, 0.2) is 0 Å². The fraction of sp³-hybridized carbons (Fsp3) is 0.455. The Balaban J connectivity index is 1.97. The molecule has 0 saturated carbocycles. The summed E-state index contributed by atoms with van der Waals surface area (Å²) < 4.78 is 5.46. The SMILES string of the molecule is O=[N+]([O-])c1ccc(NCC2CCCO2)cc1Cl. The van der Waals surface area contributed by atoms with Crippen LogP contribution < -0.4 is 5.32 Å². The van der Waals surface area contributed by atoms with Crippen molar-refractivity contribution in [3.63, 3.8) is 0 Å². The molecule has 0 amide bonds. The van der Waals surface area contributed by atoms with Crippen molar-refractivity contribution >= 4 is 23.0 Å². The number of halogens is 1. The van der Waals surface area contributed by atoms with Gasteiger partial charge in [-0.1, -0.05) is 11.6 Å². The first-order valence-corrected chi connectivity index (χ1v) is 5.84. The fourth-order valence-electron chi connectivity index (χ4n) is 1.80. The molecular weight excluding hydrogens is 244 g/mol. The van der Waals surface area contributed by atoms with Gasteiger partial charge < -0.3 is 10.1 Å². The lowest BCUT2D eigenvalue weighted by Gasteiger charge is -2.11. The highest BCUT2D eigenvalue weighted by atomic mass is 35.5. The molecule has 1 saturated heterocycles. The smallest absolute Gasteiger partial charge is 0.288 e. The predicted octanol–water partition coefficient (Wildman–Crippen LogP) is 2.84. The van der Waals surface area contributed by atoms with E-state index in [4.69, 9.17) is 16.3 Å². The van der Waals surface area contributed by atoms with Crippen LogP contribution in [0, 0.1) is 10.1 Å². The topological polar surface area (TPSA) is 64.4 Å². The Kier molecular flexibility index (Phi) is 3.81. The molecule has 2 rings (SSSR count). The first-order valence-electron chi connectivity index (χ1n) is 5.46. The van der Waals surface area contributed by atoms with Gasteiger partial charge >= 0.3 is 0 Å². The highest BCUT2D eigenvalue weighted by Crippen LogP contribution is 2.27. The van der Waals surface area contributed by atoms with Gasteiger partial charge in [0.05, 0.1) is 11.0 Å². The number of benzene rings is 1. The molecule has 1 aliphatic rings. The van der Waals surface area contributed by atoms with E-state index in [1.165, 1.54) is 6.07 Å². The van der Waals surface area contributed by atoms with E-state index in [1.807, 2.05) is 0 Å². The van der Waals surface area contributed by atoms with Gasteiger partial charge in [-0.2, -0.15) is 0 Å². The lowest BCUT2D eigenvalue weighted by Crippen LogP contribution is -2.18. The van der Waals surface area contributed by atoms with Crippen molar-refractivity contribution in [3.8, 4) is 0 Å². The second-order valence-corrected chi connectivity index (χ2v) is 4.35. The summed E-state index contributed by atoms with van der Waals surface area (Å²) in [6.07, 6.45) is 2.37. The normalized spacial score (nSPS) is 19.2. The van der Waals surface area contributed by atoms with Gasteiger partial charge in [-0.05, 0) is 25.0 Å². The number of hydrogen-bond donors (Lipinski definition) is 1. The third kappa shape index (κ3) is 3.08. The Morgan fingerprint density at radius 1 is 1.59 bits per heavy atom. The number of nitrogens with one attached hydrogen (secondary N) is 1. The average Bonchev–Trinajstić information content (AvgIpc) is 2.78. The van der Waals surface area contributed by atoms with E-state index in [0.29, 0.717) is 6.54 Å². The molecular formula is C11H13ClN2O3. The van der Waals surface area contributed by atoms with Crippen molar-refractivity contribution in [2.75, 3.05) is 18.5 Å². The maximum Gasteiger partial charge on any atom is 0.288 e. The maximum atomic E-state index is 10.6. The second kappa shape index (κ2) is 5.33. The van der Waals surface area contributed by atoms with Crippen LogP contribution >= 0.6 is 11.6 Å². The van der Waals surface area contributed by atoms with Crippen molar-refractivity contribution in [1.29, 1.82) is 0 Å². The van der Waals surface area contributed by atoms with E-state index in [9.17, 15) is 10.1 Å². The molecule has 1 aromatic carbocycles. The van der Waals surface area contributed by atoms with Gasteiger partial charge in [0.2, 0.25) is 0 Å². The number of nitrogens with zero attached hydrogens (tertiary/aromatic N) is 1. The molecule has 92 valence electrons. The minimum absolute atomic E-state index is 0.0747. The molecule has 0 aromatic heterocycles. The number of hydrogen-bond acceptors (Lipinski definition) is 4. The van der Waals surface area contributed by atoms with Crippen LogP contribution in [0.5, 0.6) is 0 Å². The van der Waals surface area contributed by atoms with Gasteiger partial charge in [-0.15, -0.1) is 0 Å². The third-order valence-corrected chi connectivity index (χ3v) is 3.00. The van der Waals surface area contributed by atoms with Gasteiger partial charge in [-0.3, -0.25) is 10.1 Å². The molecule has 1 aromatic rings. The van der Waals surface area contributed by atoms with Crippen LogP contribution in [0.2, 0.25) is 5.02 Å². The average molecular weight is 257 g/mol. The van der Waals surface area contributed by atoms with E-state index in [2.05, 4.69) is 5.32 Å². The highest BCUT2D eigenvalue weighted by molar-refractivity contribution is 6.32. The fourth-order valence-corrected chi connectivity index (χ4v) is 2.05. The van der Waals surface area contributed by atoms with Crippen molar-refractivity contribution in [1.82, 2.24) is 0 Å². The van der Waals surface area contributed by atoms with Crippen LogP contribution in [0.25, 0.3) is 0 Å². The van der Waals surface area contributed by atoms with Crippen LogP contribution in [0.4, 0.5) is 11.4 Å². The monoisotopic (exact) mass is 256 g/mol. The van der Waals surface area contributed by atoms with Gasteiger partial charge in [0, 0.05) is 24.9 Å². The largest absolute Gasteiger partial charge is 0.382 e. The molecule has 0 spiro atoms. The Morgan fingerprint density at radius 3 is 3.00 bits per heavy atom. The Hall–Kier alpha value is -1.33. The molecule has 1 heterocycles. The zero-order valence-corrected chi connectivity index (χ0v) is 9.94. The third-order valence-electron chi connectivity index (χ3n) is 2.70. The van der Waals surface area contributed by atoms with Crippen molar-refractivity contribution < 1.29 is 9.66 Å². The summed E-state index contributed by atoms with van der Waals surface area (Å²) in [7, 11) is 0. The van der Waals surface area contributed by atoms with Crippen LogP contribution in [0.15, 0.2) is 18.2 Å².